The van der Waals surface area contributed by atoms with Crippen molar-refractivity contribution >= 4 is 11.4 Å². The highest BCUT2D eigenvalue weighted by Crippen LogP contribution is 2.37. The van der Waals surface area contributed by atoms with Crippen LogP contribution in [0, 0.1) is 12.7 Å². The molecule has 144 valence electrons. The second-order valence-electron chi connectivity index (χ2n) is 6.72. The van der Waals surface area contributed by atoms with E-state index in [1.807, 2.05) is 44.2 Å². The normalized spacial score (nSPS) is 18.3. The van der Waals surface area contributed by atoms with Crippen LogP contribution in [-0.4, -0.2) is 11.8 Å². The van der Waals surface area contributed by atoms with Crippen LogP contribution in [0.4, 0.5) is 10.1 Å². The SMILES string of the molecule is CC.Cc1ccc(N2C(C)C(c3ccc(F)cc3)=NC2c2ccccc2)cc1. The van der Waals surface area contributed by atoms with E-state index in [1.165, 1.54) is 17.7 Å². The maximum absolute atomic E-state index is 13.3. The number of aryl methyl sites for hydroxylation is 1. The minimum absolute atomic E-state index is 0.0889. The summed E-state index contributed by atoms with van der Waals surface area (Å²) in [6, 6.07) is 25.6. The van der Waals surface area contributed by atoms with E-state index in [2.05, 4.69) is 55.1 Å². The lowest BCUT2D eigenvalue weighted by molar-refractivity contribution is 0.627. The summed E-state index contributed by atoms with van der Waals surface area (Å²) in [5.41, 5.74) is 5.47. The predicted octanol–water partition coefficient (Wildman–Crippen LogP) is 6.56. The number of halogens is 1. The van der Waals surface area contributed by atoms with Crippen molar-refractivity contribution in [2.45, 2.75) is 39.9 Å². The van der Waals surface area contributed by atoms with Crippen molar-refractivity contribution in [3.63, 3.8) is 0 Å². The summed E-state index contributed by atoms with van der Waals surface area (Å²) >= 11 is 0. The van der Waals surface area contributed by atoms with Crippen molar-refractivity contribution in [2.24, 2.45) is 4.99 Å². The Morgan fingerprint density at radius 3 is 2.04 bits per heavy atom. The molecule has 0 radical (unpaired) electrons. The third kappa shape index (κ3) is 3.99. The lowest BCUT2D eigenvalue weighted by Crippen LogP contribution is -2.35. The van der Waals surface area contributed by atoms with Crippen molar-refractivity contribution < 1.29 is 4.39 Å². The maximum Gasteiger partial charge on any atom is 0.148 e. The summed E-state index contributed by atoms with van der Waals surface area (Å²) in [5, 5.41) is 0. The van der Waals surface area contributed by atoms with Gasteiger partial charge in [0.05, 0.1) is 11.8 Å². The molecule has 0 spiro atoms. The molecule has 0 aromatic heterocycles. The number of anilines is 1. The third-order valence-electron chi connectivity index (χ3n) is 4.91. The van der Waals surface area contributed by atoms with Gasteiger partial charge >= 0.3 is 0 Å². The van der Waals surface area contributed by atoms with E-state index in [9.17, 15) is 4.39 Å². The first-order valence-electron chi connectivity index (χ1n) is 9.87. The van der Waals surface area contributed by atoms with Gasteiger partial charge in [-0.1, -0.05) is 74.0 Å². The van der Waals surface area contributed by atoms with Crippen molar-refractivity contribution in [3.05, 3.63) is 101 Å². The van der Waals surface area contributed by atoms with Gasteiger partial charge in [0.2, 0.25) is 0 Å². The Morgan fingerprint density at radius 2 is 1.43 bits per heavy atom. The van der Waals surface area contributed by atoms with Gasteiger partial charge < -0.3 is 4.90 Å². The van der Waals surface area contributed by atoms with E-state index >= 15 is 0 Å². The van der Waals surface area contributed by atoms with Crippen LogP contribution in [0.5, 0.6) is 0 Å². The van der Waals surface area contributed by atoms with Crippen LogP contribution in [0.3, 0.4) is 0 Å². The fraction of sp³-hybridized carbons (Fsp3) is 0.240. The molecule has 2 unspecified atom stereocenters. The Bertz CT molecular complexity index is 915. The molecule has 0 fully saturated rings. The van der Waals surface area contributed by atoms with Gasteiger partial charge in [-0.05, 0) is 49.2 Å². The zero-order valence-corrected chi connectivity index (χ0v) is 16.9. The molecule has 0 bridgehead atoms. The summed E-state index contributed by atoms with van der Waals surface area (Å²) in [6.07, 6.45) is -0.0889. The van der Waals surface area contributed by atoms with E-state index in [-0.39, 0.29) is 18.0 Å². The summed E-state index contributed by atoms with van der Waals surface area (Å²) in [4.78, 5) is 7.37. The summed E-state index contributed by atoms with van der Waals surface area (Å²) < 4.78 is 13.3. The molecule has 3 aromatic carbocycles. The smallest absolute Gasteiger partial charge is 0.148 e. The van der Waals surface area contributed by atoms with Crippen molar-refractivity contribution in [1.29, 1.82) is 0 Å². The molecule has 4 rings (SSSR count). The molecule has 0 saturated carbocycles. The molecule has 2 atom stereocenters. The molecular formula is C25H27FN2. The number of aliphatic imine (C=N–C) groups is 1. The van der Waals surface area contributed by atoms with Gasteiger partial charge in [0, 0.05) is 5.69 Å². The molecule has 2 nitrogen and oxygen atoms in total. The molecule has 0 aliphatic carbocycles. The first-order chi connectivity index (χ1) is 13.6. The summed E-state index contributed by atoms with van der Waals surface area (Å²) in [7, 11) is 0. The van der Waals surface area contributed by atoms with Crippen LogP contribution in [0.25, 0.3) is 0 Å². The summed E-state index contributed by atoms with van der Waals surface area (Å²) in [6.45, 7) is 8.25. The average molecular weight is 375 g/mol. The quantitative estimate of drug-likeness (QED) is 0.507. The Morgan fingerprint density at radius 1 is 0.821 bits per heavy atom. The molecule has 1 heterocycles. The van der Waals surface area contributed by atoms with Crippen LogP contribution in [0.2, 0.25) is 0 Å². The van der Waals surface area contributed by atoms with Crippen LogP contribution in [0.15, 0.2) is 83.9 Å². The monoisotopic (exact) mass is 374 g/mol. The van der Waals surface area contributed by atoms with E-state index in [0.717, 1.165) is 22.5 Å². The van der Waals surface area contributed by atoms with Crippen LogP contribution in [-0.2, 0) is 0 Å². The highest BCUT2D eigenvalue weighted by atomic mass is 19.1. The minimum atomic E-state index is -0.227. The molecule has 28 heavy (non-hydrogen) atoms. The zero-order chi connectivity index (χ0) is 20.1. The standard InChI is InChI=1S/C23H21FN2.C2H6/c1-16-8-14-21(15-9-16)26-17(2)22(18-10-12-20(24)13-11-18)25-23(26)19-6-4-3-5-7-19;1-2/h3-15,17,23H,1-2H3;1-2H3. The van der Waals surface area contributed by atoms with Gasteiger partial charge in [0.25, 0.3) is 0 Å². The van der Waals surface area contributed by atoms with E-state index < -0.39 is 0 Å². The fourth-order valence-electron chi connectivity index (χ4n) is 3.52. The molecular weight excluding hydrogens is 347 g/mol. The highest BCUT2D eigenvalue weighted by Gasteiger charge is 2.35. The van der Waals surface area contributed by atoms with Crippen molar-refractivity contribution in [2.75, 3.05) is 4.90 Å². The third-order valence-corrected chi connectivity index (χ3v) is 4.91. The fourth-order valence-corrected chi connectivity index (χ4v) is 3.52. The Labute approximate surface area is 167 Å². The largest absolute Gasteiger partial charge is 0.337 e. The minimum Gasteiger partial charge on any atom is -0.337 e. The van der Waals surface area contributed by atoms with E-state index in [0.29, 0.717) is 0 Å². The number of rotatable bonds is 3. The van der Waals surface area contributed by atoms with E-state index in [1.54, 1.807) is 0 Å². The Balaban J connectivity index is 0.00000109. The summed E-state index contributed by atoms with van der Waals surface area (Å²) in [5.74, 6) is -0.227. The van der Waals surface area contributed by atoms with Gasteiger partial charge in [0.1, 0.15) is 12.0 Å². The first kappa shape index (κ1) is 19.8. The van der Waals surface area contributed by atoms with Gasteiger partial charge in [-0.25, -0.2) is 4.39 Å². The molecule has 1 aliphatic rings. The lowest BCUT2D eigenvalue weighted by atomic mass is 10.0. The van der Waals surface area contributed by atoms with Gasteiger partial charge in [-0.3, -0.25) is 4.99 Å². The number of hydrogen-bond donors (Lipinski definition) is 0. The first-order valence-corrected chi connectivity index (χ1v) is 9.87. The maximum atomic E-state index is 13.3. The molecule has 3 heteroatoms. The molecule has 0 N–H and O–H groups in total. The second-order valence-corrected chi connectivity index (χ2v) is 6.72. The highest BCUT2D eigenvalue weighted by molar-refractivity contribution is 6.07. The molecule has 1 aliphatic heterocycles. The zero-order valence-electron chi connectivity index (χ0n) is 16.9. The van der Waals surface area contributed by atoms with Gasteiger partial charge in [-0.15, -0.1) is 0 Å². The van der Waals surface area contributed by atoms with Gasteiger partial charge in [0.15, 0.2) is 0 Å². The Hall–Kier alpha value is -2.94. The molecule has 3 aromatic rings. The Kier molecular flexibility index (Phi) is 6.25. The lowest BCUT2D eigenvalue weighted by Gasteiger charge is -2.30. The number of benzene rings is 3. The predicted molar refractivity (Wildman–Crippen MR) is 117 cm³/mol. The van der Waals surface area contributed by atoms with Crippen LogP contribution < -0.4 is 4.90 Å². The van der Waals surface area contributed by atoms with Crippen molar-refractivity contribution in [1.82, 2.24) is 0 Å². The average Bonchev–Trinajstić information content (AvgIpc) is 3.08. The van der Waals surface area contributed by atoms with Crippen LogP contribution in [0.1, 0.15) is 43.6 Å². The van der Waals surface area contributed by atoms with Crippen LogP contribution >= 0.6 is 0 Å². The van der Waals surface area contributed by atoms with E-state index in [4.69, 9.17) is 4.99 Å². The second kappa shape index (κ2) is 8.83. The number of hydrogen-bond acceptors (Lipinski definition) is 2. The number of nitrogens with zero attached hydrogens (tertiary/aromatic N) is 2. The van der Waals surface area contributed by atoms with Gasteiger partial charge in [-0.2, -0.15) is 0 Å². The molecule has 0 saturated heterocycles. The topological polar surface area (TPSA) is 15.6 Å². The molecule has 0 amide bonds. The van der Waals surface area contributed by atoms with Crippen molar-refractivity contribution in [3.8, 4) is 0 Å².